The van der Waals surface area contributed by atoms with Crippen molar-refractivity contribution >= 4 is 17.5 Å². The predicted molar refractivity (Wildman–Crippen MR) is 101 cm³/mol. The maximum absolute atomic E-state index is 12.6. The van der Waals surface area contributed by atoms with Gasteiger partial charge in [-0.05, 0) is 32.0 Å². The lowest BCUT2D eigenvalue weighted by molar-refractivity contribution is 0.0383. The molecule has 1 aliphatic rings. The van der Waals surface area contributed by atoms with E-state index >= 15 is 0 Å². The van der Waals surface area contributed by atoms with E-state index in [0.29, 0.717) is 23.7 Å². The molecule has 138 valence electrons. The van der Waals surface area contributed by atoms with E-state index in [1.54, 1.807) is 6.07 Å². The van der Waals surface area contributed by atoms with Crippen LogP contribution in [0.25, 0.3) is 0 Å². The van der Waals surface area contributed by atoms with Gasteiger partial charge in [-0.3, -0.25) is 9.69 Å². The highest BCUT2D eigenvalue weighted by molar-refractivity contribution is 6.00. The lowest BCUT2D eigenvalue weighted by Gasteiger charge is -2.26. The second kappa shape index (κ2) is 8.73. The molecule has 0 spiro atoms. The Morgan fingerprint density at radius 1 is 1.15 bits per heavy atom. The highest BCUT2D eigenvalue weighted by Gasteiger charge is 2.14. The number of ether oxygens (including phenoxy) is 1. The molecular formula is C19H25N5O2. The van der Waals surface area contributed by atoms with E-state index in [1.165, 1.54) is 0 Å². The molecule has 1 aromatic carbocycles. The first-order chi connectivity index (χ1) is 12.6. The Morgan fingerprint density at radius 2 is 1.85 bits per heavy atom. The first-order valence-corrected chi connectivity index (χ1v) is 8.88. The van der Waals surface area contributed by atoms with Crippen LogP contribution in [0.1, 0.15) is 21.7 Å². The zero-order valence-electron chi connectivity index (χ0n) is 15.3. The molecule has 7 heteroatoms. The summed E-state index contributed by atoms with van der Waals surface area (Å²) in [5.74, 6) is 0.391. The number of hydrogen-bond donors (Lipinski definition) is 2. The average Bonchev–Trinajstić information content (AvgIpc) is 2.62. The van der Waals surface area contributed by atoms with Crippen LogP contribution in [0, 0.1) is 13.8 Å². The standard InChI is InChI=1S/C19H25N5O2/c1-14-13-15(2)22-19(21-14)23-17-6-4-3-5-16(17)18(25)20-7-8-24-9-11-26-12-10-24/h3-6,13H,7-12H2,1-2H3,(H,20,25)(H,21,22,23). The molecule has 0 radical (unpaired) electrons. The van der Waals surface area contributed by atoms with Gasteiger partial charge in [0, 0.05) is 37.6 Å². The minimum Gasteiger partial charge on any atom is -0.379 e. The fourth-order valence-electron chi connectivity index (χ4n) is 2.94. The molecule has 2 N–H and O–H groups in total. The van der Waals surface area contributed by atoms with Crippen LogP contribution in [0.3, 0.4) is 0 Å². The smallest absolute Gasteiger partial charge is 0.253 e. The predicted octanol–water partition coefficient (Wildman–Crippen LogP) is 1.90. The number of carbonyl (C=O) groups excluding carboxylic acids is 1. The summed E-state index contributed by atoms with van der Waals surface area (Å²) < 4.78 is 5.34. The molecule has 3 rings (SSSR count). The van der Waals surface area contributed by atoms with Gasteiger partial charge in [0.15, 0.2) is 0 Å². The van der Waals surface area contributed by atoms with Crippen molar-refractivity contribution in [2.24, 2.45) is 0 Å². The van der Waals surface area contributed by atoms with E-state index in [-0.39, 0.29) is 5.91 Å². The van der Waals surface area contributed by atoms with Gasteiger partial charge in [-0.2, -0.15) is 0 Å². The number of amides is 1. The lowest BCUT2D eigenvalue weighted by Crippen LogP contribution is -2.41. The molecular weight excluding hydrogens is 330 g/mol. The van der Waals surface area contributed by atoms with E-state index in [9.17, 15) is 4.79 Å². The van der Waals surface area contributed by atoms with Gasteiger partial charge in [0.2, 0.25) is 5.95 Å². The van der Waals surface area contributed by atoms with E-state index in [2.05, 4.69) is 25.5 Å². The molecule has 1 aromatic heterocycles. The maximum atomic E-state index is 12.6. The molecule has 7 nitrogen and oxygen atoms in total. The fraction of sp³-hybridized carbons (Fsp3) is 0.421. The van der Waals surface area contributed by atoms with Crippen molar-refractivity contribution in [1.29, 1.82) is 0 Å². The summed E-state index contributed by atoms with van der Waals surface area (Å²) in [7, 11) is 0. The molecule has 2 heterocycles. The van der Waals surface area contributed by atoms with E-state index < -0.39 is 0 Å². The van der Waals surface area contributed by atoms with E-state index in [4.69, 9.17) is 4.74 Å². The first kappa shape index (κ1) is 18.3. The van der Waals surface area contributed by atoms with Crippen molar-refractivity contribution in [2.75, 3.05) is 44.7 Å². The minimum absolute atomic E-state index is 0.106. The topological polar surface area (TPSA) is 79.4 Å². The third-order valence-corrected chi connectivity index (χ3v) is 4.22. The first-order valence-electron chi connectivity index (χ1n) is 8.88. The average molecular weight is 355 g/mol. The van der Waals surface area contributed by atoms with Crippen LogP contribution in [-0.2, 0) is 4.74 Å². The summed E-state index contributed by atoms with van der Waals surface area (Å²) in [6, 6.07) is 9.31. The molecule has 2 aromatic rings. The van der Waals surface area contributed by atoms with Gasteiger partial charge >= 0.3 is 0 Å². The van der Waals surface area contributed by atoms with Crippen LogP contribution < -0.4 is 10.6 Å². The summed E-state index contributed by atoms with van der Waals surface area (Å²) in [4.78, 5) is 23.6. The van der Waals surface area contributed by atoms with Gasteiger partial charge in [-0.25, -0.2) is 9.97 Å². The summed E-state index contributed by atoms with van der Waals surface area (Å²) in [5, 5.41) is 6.16. The van der Waals surface area contributed by atoms with Gasteiger partial charge < -0.3 is 15.4 Å². The van der Waals surface area contributed by atoms with E-state index in [0.717, 1.165) is 44.2 Å². The van der Waals surface area contributed by atoms with Gasteiger partial charge in [0.1, 0.15) is 0 Å². The van der Waals surface area contributed by atoms with Gasteiger partial charge in [-0.15, -0.1) is 0 Å². The Hall–Kier alpha value is -2.51. The highest BCUT2D eigenvalue weighted by Crippen LogP contribution is 2.19. The summed E-state index contributed by atoms with van der Waals surface area (Å²) in [5.41, 5.74) is 3.04. The monoisotopic (exact) mass is 355 g/mol. The Kier molecular flexibility index (Phi) is 6.14. The van der Waals surface area contributed by atoms with Crippen molar-refractivity contribution in [3.63, 3.8) is 0 Å². The largest absolute Gasteiger partial charge is 0.379 e. The summed E-state index contributed by atoms with van der Waals surface area (Å²) in [6.07, 6.45) is 0. The maximum Gasteiger partial charge on any atom is 0.253 e. The normalized spacial score (nSPS) is 14.8. The number of anilines is 2. The SMILES string of the molecule is Cc1cc(C)nc(Nc2ccccc2C(=O)NCCN2CCOCC2)n1. The van der Waals surface area contributed by atoms with Crippen LogP contribution in [0.15, 0.2) is 30.3 Å². The van der Waals surface area contributed by atoms with Crippen LogP contribution in [-0.4, -0.2) is 60.2 Å². The molecule has 1 aliphatic heterocycles. The third-order valence-electron chi connectivity index (χ3n) is 4.22. The van der Waals surface area contributed by atoms with Gasteiger partial charge in [0.25, 0.3) is 5.91 Å². The summed E-state index contributed by atoms with van der Waals surface area (Å²) in [6.45, 7) is 8.62. The number of morpholine rings is 1. The second-order valence-electron chi connectivity index (χ2n) is 6.35. The van der Waals surface area contributed by atoms with Crippen molar-refractivity contribution in [3.05, 3.63) is 47.3 Å². The molecule has 0 atom stereocenters. The number of rotatable bonds is 6. The third kappa shape index (κ3) is 5.00. The van der Waals surface area contributed by atoms with E-state index in [1.807, 2.05) is 38.1 Å². The van der Waals surface area contributed by atoms with Crippen LogP contribution >= 0.6 is 0 Å². The molecule has 1 amide bonds. The molecule has 1 fully saturated rings. The fourth-order valence-corrected chi connectivity index (χ4v) is 2.94. The van der Waals surface area contributed by atoms with Crippen LogP contribution in [0.4, 0.5) is 11.6 Å². The Morgan fingerprint density at radius 3 is 2.58 bits per heavy atom. The number of aryl methyl sites for hydroxylation is 2. The molecule has 0 aliphatic carbocycles. The summed E-state index contributed by atoms with van der Waals surface area (Å²) >= 11 is 0. The van der Waals surface area contributed by atoms with Gasteiger partial charge in [-0.1, -0.05) is 12.1 Å². The Bertz CT molecular complexity index is 739. The zero-order chi connectivity index (χ0) is 18.4. The number of hydrogen-bond acceptors (Lipinski definition) is 6. The second-order valence-corrected chi connectivity index (χ2v) is 6.35. The Labute approximate surface area is 153 Å². The van der Waals surface area contributed by atoms with Gasteiger partial charge in [0.05, 0.1) is 24.5 Å². The van der Waals surface area contributed by atoms with Crippen molar-refractivity contribution in [2.45, 2.75) is 13.8 Å². The number of para-hydroxylation sites is 1. The van der Waals surface area contributed by atoms with Crippen molar-refractivity contribution in [3.8, 4) is 0 Å². The van der Waals surface area contributed by atoms with Crippen molar-refractivity contribution < 1.29 is 9.53 Å². The molecule has 1 saturated heterocycles. The number of aromatic nitrogens is 2. The number of nitrogens with one attached hydrogen (secondary N) is 2. The quantitative estimate of drug-likeness (QED) is 0.824. The van der Waals surface area contributed by atoms with Crippen LogP contribution in [0.2, 0.25) is 0 Å². The molecule has 0 saturated carbocycles. The Balaban J connectivity index is 1.63. The lowest BCUT2D eigenvalue weighted by atomic mass is 10.1. The zero-order valence-corrected chi connectivity index (χ0v) is 15.3. The number of nitrogens with zero attached hydrogens (tertiary/aromatic N) is 3. The molecule has 0 bridgehead atoms. The minimum atomic E-state index is -0.106. The number of benzene rings is 1. The number of carbonyl (C=O) groups is 1. The highest BCUT2D eigenvalue weighted by atomic mass is 16.5. The van der Waals surface area contributed by atoms with Crippen LogP contribution in [0.5, 0.6) is 0 Å². The van der Waals surface area contributed by atoms with Crippen molar-refractivity contribution in [1.82, 2.24) is 20.2 Å². The molecule has 0 unspecified atom stereocenters. The molecule has 26 heavy (non-hydrogen) atoms.